The molecule has 0 bridgehead atoms. The number of fused-ring (bicyclic) bond motifs is 1. The van der Waals surface area contributed by atoms with Crippen molar-refractivity contribution in [3.05, 3.63) is 42.9 Å². The number of nitrogens with zero attached hydrogens (tertiary/aromatic N) is 3. The topological polar surface area (TPSA) is 84.4 Å². The summed E-state index contributed by atoms with van der Waals surface area (Å²) in [7, 11) is 0. The SMILES string of the molecule is CC(C)(C)OC(=O)N1CC(C(=O)Nc2ncc(-c3ccc4cnccc4c3)s2)C1. The van der Waals surface area contributed by atoms with E-state index in [1.807, 2.05) is 45.2 Å². The lowest BCUT2D eigenvalue weighted by molar-refractivity contribution is -0.124. The molecule has 0 radical (unpaired) electrons. The van der Waals surface area contributed by atoms with Crippen LogP contribution >= 0.6 is 11.3 Å². The molecule has 1 aromatic carbocycles. The van der Waals surface area contributed by atoms with Gasteiger partial charge < -0.3 is 15.0 Å². The van der Waals surface area contributed by atoms with Crippen molar-refractivity contribution in [2.45, 2.75) is 26.4 Å². The van der Waals surface area contributed by atoms with Crippen molar-refractivity contribution in [3.63, 3.8) is 0 Å². The molecule has 1 aliphatic heterocycles. The van der Waals surface area contributed by atoms with Gasteiger partial charge in [-0.1, -0.05) is 23.5 Å². The van der Waals surface area contributed by atoms with Crippen LogP contribution in [0.15, 0.2) is 42.9 Å². The third-order valence-electron chi connectivity index (χ3n) is 4.56. The molecule has 0 aliphatic carbocycles. The minimum absolute atomic E-state index is 0.129. The third kappa shape index (κ3) is 4.37. The van der Waals surface area contributed by atoms with Gasteiger partial charge in [0.25, 0.3) is 0 Å². The second-order valence-corrected chi connectivity index (χ2v) is 9.07. The first-order valence-corrected chi connectivity index (χ1v) is 10.2. The van der Waals surface area contributed by atoms with Crippen LogP contribution in [0.1, 0.15) is 20.8 Å². The summed E-state index contributed by atoms with van der Waals surface area (Å²) in [5.74, 6) is -0.377. The monoisotopic (exact) mass is 410 g/mol. The maximum absolute atomic E-state index is 12.4. The predicted molar refractivity (Wildman–Crippen MR) is 113 cm³/mol. The van der Waals surface area contributed by atoms with E-state index in [9.17, 15) is 9.59 Å². The molecule has 2 aromatic heterocycles. The Bertz CT molecular complexity index is 1070. The molecular formula is C21H22N4O3S. The smallest absolute Gasteiger partial charge is 0.410 e. The normalized spacial score (nSPS) is 14.5. The summed E-state index contributed by atoms with van der Waals surface area (Å²) < 4.78 is 5.31. The summed E-state index contributed by atoms with van der Waals surface area (Å²) in [6, 6.07) is 8.10. The number of thiazole rings is 1. The van der Waals surface area contributed by atoms with Crippen LogP contribution in [0.3, 0.4) is 0 Å². The van der Waals surface area contributed by atoms with E-state index in [-0.39, 0.29) is 17.9 Å². The minimum Gasteiger partial charge on any atom is -0.444 e. The van der Waals surface area contributed by atoms with E-state index >= 15 is 0 Å². The number of carbonyl (C=O) groups excluding carboxylic acids is 2. The minimum atomic E-state index is -0.541. The zero-order valence-electron chi connectivity index (χ0n) is 16.5. The Morgan fingerprint density at radius 3 is 2.72 bits per heavy atom. The molecule has 2 amide bonds. The quantitative estimate of drug-likeness (QED) is 0.701. The van der Waals surface area contributed by atoms with E-state index in [1.165, 1.54) is 16.2 Å². The van der Waals surface area contributed by atoms with Crippen LogP contribution < -0.4 is 5.32 Å². The van der Waals surface area contributed by atoms with Crippen molar-refractivity contribution in [2.24, 2.45) is 5.92 Å². The van der Waals surface area contributed by atoms with E-state index in [2.05, 4.69) is 21.4 Å². The molecule has 1 saturated heterocycles. The summed E-state index contributed by atoms with van der Waals surface area (Å²) in [6.45, 7) is 6.18. The van der Waals surface area contributed by atoms with Gasteiger partial charge in [-0.05, 0) is 43.9 Å². The Labute approximate surface area is 172 Å². The largest absolute Gasteiger partial charge is 0.444 e. The van der Waals surface area contributed by atoms with E-state index in [0.29, 0.717) is 18.2 Å². The second-order valence-electron chi connectivity index (χ2n) is 8.04. The van der Waals surface area contributed by atoms with E-state index in [4.69, 9.17) is 4.74 Å². The van der Waals surface area contributed by atoms with Crippen LogP contribution in [-0.2, 0) is 9.53 Å². The Balaban J connectivity index is 1.36. The molecule has 8 heteroatoms. The third-order valence-corrected chi connectivity index (χ3v) is 5.53. The number of hydrogen-bond acceptors (Lipinski definition) is 6. The fourth-order valence-corrected chi connectivity index (χ4v) is 3.84. The number of ether oxygens (including phenoxy) is 1. The number of pyridine rings is 1. The van der Waals surface area contributed by atoms with E-state index in [1.54, 1.807) is 12.4 Å². The molecule has 3 aromatic rings. The van der Waals surface area contributed by atoms with Crippen LogP contribution in [0.5, 0.6) is 0 Å². The van der Waals surface area contributed by atoms with Gasteiger partial charge in [-0.2, -0.15) is 0 Å². The van der Waals surface area contributed by atoms with E-state index in [0.717, 1.165) is 21.2 Å². The number of likely N-dealkylation sites (tertiary alicyclic amines) is 1. The highest BCUT2D eigenvalue weighted by Gasteiger charge is 2.38. The van der Waals surface area contributed by atoms with Crippen LogP contribution in [0.25, 0.3) is 21.2 Å². The van der Waals surface area contributed by atoms with Gasteiger partial charge in [0, 0.05) is 37.1 Å². The maximum Gasteiger partial charge on any atom is 0.410 e. The van der Waals surface area contributed by atoms with Crippen molar-refractivity contribution in [1.29, 1.82) is 0 Å². The maximum atomic E-state index is 12.4. The number of nitrogens with one attached hydrogen (secondary N) is 1. The number of hydrogen-bond donors (Lipinski definition) is 1. The Morgan fingerprint density at radius 2 is 1.97 bits per heavy atom. The highest BCUT2D eigenvalue weighted by atomic mass is 32.1. The molecule has 1 N–H and O–H groups in total. The molecule has 3 heterocycles. The van der Waals surface area contributed by atoms with Gasteiger partial charge in [-0.25, -0.2) is 9.78 Å². The number of aromatic nitrogens is 2. The molecule has 0 spiro atoms. The van der Waals surface area contributed by atoms with E-state index < -0.39 is 5.60 Å². The first-order chi connectivity index (χ1) is 13.8. The first-order valence-electron chi connectivity index (χ1n) is 9.37. The molecule has 150 valence electrons. The van der Waals surface area contributed by atoms with Crippen molar-refractivity contribution >= 4 is 39.2 Å². The van der Waals surface area contributed by atoms with Gasteiger partial charge in [0.15, 0.2) is 5.13 Å². The summed E-state index contributed by atoms with van der Waals surface area (Å²) in [4.78, 5) is 35.4. The van der Waals surface area contributed by atoms with Gasteiger partial charge in [0.1, 0.15) is 5.60 Å². The zero-order valence-corrected chi connectivity index (χ0v) is 17.3. The van der Waals surface area contributed by atoms with Crippen molar-refractivity contribution in [3.8, 4) is 10.4 Å². The fraction of sp³-hybridized carbons (Fsp3) is 0.333. The summed E-state index contributed by atoms with van der Waals surface area (Å²) >= 11 is 1.43. The zero-order chi connectivity index (χ0) is 20.6. The molecule has 7 nitrogen and oxygen atoms in total. The Morgan fingerprint density at radius 1 is 1.17 bits per heavy atom. The number of carbonyl (C=O) groups is 2. The van der Waals surface area contributed by atoms with Crippen LogP contribution in [0.2, 0.25) is 0 Å². The van der Waals surface area contributed by atoms with Crippen molar-refractivity contribution < 1.29 is 14.3 Å². The fourth-order valence-electron chi connectivity index (χ4n) is 3.03. The molecule has 0 atom stereocenters. The van der Waals surface area contributed by atoms with Crippen LogP contribution in [0, 0.1) is 5.92 Å². The second kappa shape index (κ2) is 7.44. The lowest BCUT2D eigenvalue weighted by Crippen LogP contribution is -2.55. The van der Waals surface area contributed by atoms with Gasteiger partial charge in [-0.3, -0.25) is 9.78 Å². The van der Waals surface area contributed by atoms with Gasteiger partial charge in [0.2, 0.25) is 5.91 Å². The lowest BCUT2D eigenvalue weighted by atomic mass is 10.0. The highest BCUT2D eigenvalue weighted by Crippen LogP contribution is 2.31. The lowest BCUT2D eigenvalue weighted by Gasteiger charge is -2.38. The summed E-state index contributed by atoms with van der Waals surface area (Å²) in [5.41, 5.74) is 0.502. The van der Waals surface area contributed by atoms with Gasteiger partial charge >= 0.3 is 6.09 Å². The number of rotatable bonds is 3. The standard InChI is InChI=1S/C21H22N4O3S/c1-21(2,3)28-20(27)25-11-16(12-25)18(26)24-19-23-10-17(29-19)14-4-5-15-9-22-7-6-13(15)8-14/h4-10,16H,11-12H2,1-3H3,(H,23,24,26). The van der Waals surface area contributed by atoms with Crippen LogP contribution in [-0.4, -0.2) is 45.6 Å². The van der Waals surface area contributed by atoms with Crippen LogP contribution in [0.4, 0.5) is 9.93 Å². The molecule has 4 rings (SSSR count). The molecular weight excluding hydrogens is 388 g/mol. The van der Waals surface area contributed by atoms with Gasteiger partial charge in [0.05, 0.1) is 10.8 Å². The summed E-state index contributed by atoms with van der Waals surface area (Å²) in [6.07, 6.45) is 4.97. The number of amides is 2. The molecule has 29 heavy (non-hydrogen) atoms. The average Bonchev–Trinajstić information content (AvgIpc) is 3.07. The Hall–Kier alpha value is -3.00. The van der Waals surface area contributed by atoms with Gasteiger partial charge in [-0.15, -0.1) is 0 Å². The predicted octanol–water partition coefficient (Wildman–Crippen LogP) is 4.16. The molecule has 1 aliphatic rings. The Kier molecular flexibility index (Phi) is 4.96. The number of benzene rings is 1. The molecule has 1 fully saturated rings. The molecule has 0 unspecified atom stereocenters. The highest BCUT2D eigenvalue weighted by molar-refractivity contribution is 7.19. The summed E-state index contributed by atoms with van der Waals surface area (Å²) in [5, 5.41) is 5.59. The number of anilines is 1. The van der Waals surface area contributed by atoms with Crippen molar-refractivity contribution in [1.82, 2.24) is 14.9 Å². The molecule has 0 saturated carbocycles. The average molecular weight is 410 g/mol. The first kappa shape index (κ1) is 19.3. The van der Waals surface area contributed by atoms with Crippen molar-refractivity contribution in [2.75, 3.05) is 18.4 Å².